The first-order valence-corrected chi connectivity index (χ1v) is 5.50. The lowest BCUT2D eigenvalue weighted by molar-refractivity contribution is -0.274. The first-order valence-electron chi connectivity index (χ1n) is 4.42. The van der Waals surface area contributed by atoms with Crippen LogP contribution < -0.4 is 4.74 Å². The Bertz CT molecular complexity index is 402. The monoisotopic (exact) mass is 344 g/mol. The van der Waals surface area contributed by atoms with E-state index in [0.29, 0.717) is 3.57 Å². The van der Waals surface area contributed by atoms with E-state index in [0.717, 1.165) is 6.07 Å². The molecule has 88 valence electrons. The van der Waals surface area contributed by atoms with Gasteiger partial charge in [-0.1, -0.05) is 6.92 Å². The largest absolute Gasteiger partial charge is 0.573 e. The molecule has 0 bridgehead atoms. The number of Topliss-reactive ketones (excluding diaryl/α,β-unsaturated/α-hetero) is 1. The number of hydrogen-bond donors (Lipinski definition) is 0. The molecule has 16 heavy (non-hydrogen) atoms. The molecule has 0 heterocycles. The molecule has 0 aliphatic carbocycles. The van der Waals surface area contributed by atoms with Gasteiger partial charge in [0.2, 0.25) is 0 Å². The number of ether oxygens (including phenoxy) is 1. The molecular formula is C10H8F3IO2. The Kier molecular flexibility index (Phi) is 4.17. The first-order chi connectivity index (χ1) is 7.33. The van der Waals surface area contributed by atoms with Gasteiger partial charge in [0.25, 0.3) is 0 Å². The second-order valence-corrected chi connectivity index (χ2v) is 4.21. The summed E-state index contributed by atoms with van der Waals surface area (Å²) in [5.41, 5.74) is -0.0354. The Balaban J connectivity index is 3.13. The molecule has 1 aromatic carbocycles. The summed E-state index contributed by atoms with van der Waals surface area (Å²) in [5, 5.41) is 0. The summed E-state index contributed by atoms with van der Waals surface area (Å²) < 4.78 is 40.6. The highest BCUT2D eigenvalue weighted by Crippen LogP contribution is 2.28. The Morgan fingerprint density at radius 1 is 1.44 bits per heavy atom. The van der Waals surface area contributed by atoms with Crippen molar-refractivity contribution in [3.8, 4) is 5.75 Å². The van der Waals surface area contributed by atoms with E-state index in [1.165, 1.54) is 12.1 Å². The fraction of sp³-hybridized carbons (Fsp3) is 0.300. The van der Waals surface area contributed by atoms with Gasteiger partial charge in [-0.25, -0.2) is 0 Å². The fourth-order valence-corrected chi connectivity index (χ4v) is 1.62. The number of ketones is 1. The van der Waals surface area contributed by atoms with E-state index in [-0.39, 0.29) is 17.8 Å². The Morgan fingerprint density at radius 3 is 2.56 bits per heavy atom. The van der Waals surface area contributed by atoms with Gasteiger partial charge >= 0.3 is 6.36 Å². The highest BCUT2D eigenvalue weighted by Gasteiger charge is 2.32. The zero-order valence-corrected chi connectivity index (χ0v) is 10.4. The molecule has 0 saturated heterocycles. The summed E-state index contributed by atoms with van der Waals surface area (Å²) in [5.74, 6) is -0.822. The number of alkyl halides is 3. The third kappa shape index (κ3) is 3.66. The number of carbonyl (C=O) groups is 1. The molecule has 0 fully saturated rings. The molecule has 0 saturated carbocycles. The van der Waals surface area contributed by atoms with E-state index >= 15 is 0 Å². The van der Waals surface area contributed by atoms with E-state index in [2.05, 4.69) is 4.74 Å². The van der Waals surface area contributed by atoms with Gasteiger partial charge in [-0.15, -0.1) is 13.2 Å². The number of rotatable bonds is 3. The van der Waals surface area contributed by atoms with Gasteiger partial charge in [0.1, 0.15) is 5.75 Å². The topological polar surface area (TPSA) is 26.3 Å². The van der Waals surface area contributed by atoms with Crippen molar-refractivity contribution >= 4 is 28.4 Å². The third-order valence-corrected chi connectivity index (χ3v) is 2.46. The van der Waals surface area contributed by atoms with Gasteiger partial charge in [0.15, 0.2) is 5.78 Å². The van der Waals surface area contributed by atoms with Crippen molar-refractivity contribution in [2.75, 3.05) is 0 Å². The second kappa shape index (κ2) is 5.03. The van der Waals surface area contributed by atoms with Crippen molar-refractivity contribution in [1.29, 1.82) is 0 Å². The Morgan fingerprint density at radius 2 is 2.06 bits per heavy atom. The van der Waals surface area contributed by atoms with Gasteiger partial charge < -0.3 is 4.74 Å². The van der Waals surface area contributed by atoms with E-state index in [4.69, 9.17) is 0 Å². The Labute approximate surface area is 104 Å². The molecule has 0 amide bonds. The highest BCUT2D eigenvalue weighted by atomic mass is 127. The Hall–Kier alpha value is -0.790. The minimum absolute atomic E-state index is 0.0354. The molecule has 0 aromatic heterocycles. The lowest BCUT2D eigenvalue weighted by Gasteiger charge is -2.12. The van der Waals surface area contributed by atoms with Crippen molar-refractivity contribution < 1.29 is 22.7 Å². The SMILES string of the molecule is CCC(=O)c1cc(I)ccc1OC(F)(F)F. The number of carbonyl (C=O) groups excluding carboxylic acids is 1. The van der Waals surface area contributed by atoms with Gasteiger partial charge in [0, 0.05) is 9.99 Å². The van der Waals surface area contributed by atoms with Crippen LogP contribution in [0.2, 0.25) is 0 Å². The lowest BCUT2D eigenvalue weighted by atomic mass is 10.1. The number of benzene rings is 1. The molecule has 0 unspecified atom stereocenters. The van der Waals surface area contributed by atoms with Gasteiger partial charge in [-0.05, 0) is 40.8 Å². The lowest BCUT2D eigenvalue weighted by Crippen LogP contribution is -2.19. The van der Waals surface area contributed by atoms with Crippen LogP contribution in [-0.4, -0.2) is 12.1 Å². The summed E-state index contributed by atoms with van der Waals surface area (Å²) in [4.78, 5) is 11.4. The van der Waals surface area contributed by atoms with E-state index in [1.807, 2.05) is 22.6 Å². The van der Waals surface area contributed by atoms with Crippen LogP contribution in [0.15, 0.2) is 18.2 Å². The van der Waals surface area contributed by atoms with Gasteiger partial charge in [-0.3, -0.25) is 4.79 Å². The van der Waals surface area contributed by atoms with Crippen LogP contribution in [0.4, 0.5) is 13.2 Å². The molecule has 0 atom stereocenters. The summed E-state index contributed by atoms with van der Waals surface area (Å²) >= 11 is 1.92. The van der Waals surface area contributed by atoms with E-state index < -0.39 is 12.1 Å². The number of hydrogen-bond acceptors (Lipinski definition) is 2. The molecule has 1 aromatic rings. The van der Waals surface area contributed by atoms with Crippen LogP contribution in [0, 0.1) is 3.57 Å². The molecular weight excluding hydrogens is 336 g/mol. The summed E-state index contributed by atoms with van der Waals surface area (Å²) in [6.07, 6.45) is -4.65. The highest BCUT2D eigenvalue weighted by molar-refractivity contribution is 14.1. The quantitative estimate of drug-likeness (QED) is 0.616. The molecule has 0 N–H and O–H groups in total. The second-order valence-electron chi connectivity index (χ2n) is 2.97. The zero-order valence-electron chi connectivity index (χ0n) is 8.27. The molecule has 6 heteroatoms. The van der Waals surface area contributed by atoms with Crippen LogP contribution in [-0.2, 0) is 0 Å². The van der Waals surface area contributed by atoms with Crippen LogP contribution >= 0.6 is 22.6 Å². The van der Waals surface area contributed by atoms with Crippen molar-refractivity contribution in [3.63, 3.8) is 0 Å². The molecule has 2 nitrogen and oxygen atoms in total. The molecule has 0 aliphatic heterocycles. The minimum atomic E-state index is -4.78. The average molecular weight is 344 g/mol. The minimum Gasteiger partial charge on any atom is -0.405 e. The molecule has 0 spiro atoms. The molecule has 1 rings (SSSR count). The maximum atomic E-state index is 12.1. The summed E-state index contributed by atoms with van der Waals surface area (Å²) in [7, 11) is 0. The molecule has 0 radical (unpaired) electrons. The van der Waals surface area contributed by atoms with Crippen molar-refractivity contribution in [3.05, 3.63) is 27.3 Å². The van der Waals surface area contributed by atoms with E-state index in [1.54, 1.807) is 6.92 Å². The summed E-state index contributed by atoms with van der Waals surface area (Å²) in [6, 6.07) is 3.99. The zero-order chi connectivity index (χ0) is 12.3. The van der Waals surface area contributed by atoms with Gasteiger partial charge in [-0.2, -0.15) is 0 Å². The maximum Gasteiger partial charge on any atom is 0.573 e. The predicted molar refractivity (Wildman–Crippen MR) is 60.5 cm³/mol. The van der Waals surface area contributed by atoms with Crippen molar-refractivity contribution in [2.45, 2.75) is 19.7 Å². The maximum absolute atomic E-state index is 12.1. The summed E-state index contributed by atoms with van der Waals surface area (Å²) in [6.45, 7) is 1.58. The molecule has 0 aliphatic rings. The smallest absolute Gasteiger partial charge is 0.405 e. The standard InChI is InChI=1S/C10H8F3IO2/c1-2-8(15)7-5-6(14)3-4-9(7)16-10(11,12)13/h3-5H,2H2,1H3. The van der Waals surface area contributed by atoms with E-state index in [9.17, 15) is 18.0 Å². The van der Waals surface area contributed by atoms with Crippen molar-refractivity contribution in [1.82, 2.24) is 0 Å². The van der Waals surface area contributed by atoms with Crippen LogP contribution in [0.1, 0.15) is 23.7 Å². The predicted octanol–water partition coefficient (Wildman–Crippen LogP) is 3.78. The fourth-order valence-electron chi connectivity index (χ4n) is 1.12. The van der Waals surface area contributed by atoms with Crippen molar-refractivity contribution in [2.24, 2.45) is 0 Å². The number of halogens is 4. The third-order valence-electron chi connectivity index (χ3n) is 1.79. The van der Waals surface area contributed by atoms with Crippen LogP contribution in [0.25, 0.3) is 0 Å². The van der Waals surface area contributed by atoms with Gasteiger partial charge in [0.05, 0.1) is 5.56 Å². The van der Waals surface area contributed by atoms with Crippen LogP contribution in [0.5, 0.6) is 5.75 Å². The van der Waals surface area contributed by atoms with Crippen LogP contribution in [0.3, 0.4) is 0 Å². The average Bonchev–Trinajstić information content (AvgIpc) is 2.17. The first kappa shape index (κ1) is 13.3. The normalized spacial score (nSPS) is 11.3.